The molecule has 0 spiro atoms. The molecular weight excluding hydrogens is 326 g/mol. The summed E-state index contributed by atoms with van der Waals surface area (Å²) in [6, 6.07) is 18.0. The normalized spacial score (nSPS) is 14.6. The fourth-order valence-corrected chi connectivity index (χ4v) is 3.56. The molecule has 0 aliphatic heterocycles. The van der Waals surface area contributed by atoms with Crippen molar-refractivity contribution in [2.24, 2.45) is 0 Å². The molecule has 0 amide bonds. The lowest BCUT2D eigenvalue weighted by molar-refractivity contribution is -0.149. The number of carbonyl (C=O) groups excluding carboxylic acids is 1. The van der Waals surface area contributed by atoms with Crippen molar-refractivity contribution in [1.29, 1.82) is 0 Å². The van der Waals surface area contributed by atoms with Gasteiger partial charge in [0.2, 0.25) is 0 Å². The van der Waals surface area contributed by atoms with Crippen LogP contribution >= 0.6 is 0 Å². The minimum Gasteiger partial charge on any atom is -0.488 e. The maximum atomic E-state index is 12.2. The Morgan fingerprint density at radius 2 is 1.81 bits per heavy atom. The van der Waals surface area contributed by atoms with Gasteiger partial charge >= 0.3 is 5.97 Å². The molecule has 2 aromatic carbocycles. The van der Waals surface area contributed by atoms with Gasteiger partial charge < -0.3 is 14.0 Å². The van der Waals surface area contributed by atoms with E-state index in [0.29, 0.717) is 6.61 Å². The Morgan fingerprint density at radius 3 is 2.62 bits per heavy atom. The molecule has 1 heterocycles. The van der Waals surface area contributed by atoms with E-state index in [1.165, 1.54) is 0 Å². The van der Waals surface area contributed by atoms with E-state index in [2.05, 4.69) is 0 Å². The van der Waals surface area contributed by atoms with Crippen molar-refractivity contribution in [3.8, 4) is 5.75 Å². The van der Waals surface area contributed by atoms with Crippen LogP contribution in [0.3, 0.4) is 0 Å². The lowest BCUT2D eigenvalue weighted by Gasteiger charge is -2.12. The van der Waals surface area contributed by atoms with E-state index < -0.39 is 0 Å². The zero-order valence-electron chi connectivity index (χ0n) is 14.8. The lowest BCUT2D eigenvalue weighted by atomic mass is 10.2. The highest BCUT2D eigenvalue weighted by Crippen LogP contribution is 2.28. The molecule has 4 rings (SSSR count). The van der Waals surface area contributed by atoms with Crippen molar-refractivity contribution in [2.45, 2.75) is 44.9 Å². The number of hydrogen-bond donors (Lipinski definition) is 0. The predicted molar refractivity (Wildman–Crippen MR) is 101 cm³/mol. The van der Waals surface area contributed by atoms with Gasteiger partial charge in [-0.05, 0) is 49.4 Å². The highest BCUT2D eigenvalue weighted by atomic mass is 16.5. The number of ether oxygens (including phenoxy) is 2. The van der Waals surface area contributed by atoms with Gasteiger partial charge in [0.1, 0.15) is 25.0 Å². The summed E-state index contributed by atoms with van der Waals surface area (Å²) in [6.07, 6.45) is 6.34. The first kappa shape index (κ1) is 16.7. The summed E-state index contributed by atoms with van der Waals surface area (Å²) in [7, 11) is 0. The Hall–Kier alpha value is -2.75. The molecule has 1 aromatic heterocycles. The molecule has 0 bridgehead atoms. The average Bonchev–Trinajstić information content (AvgIpc) is 3.31. The van der Waals surface area contributed by atoms with Crippen LogP contribution in [0.15, 0.2) is 60.8 Å². The Labute approximate surface area is 153 Å². The lowest BCUT2D eigenvalue weighted by Crippen LogP contribution is -2.19. The van der Waals surface area contributed by atoms with E-state index in [1.54, 1.807) is 0 Å². The second-order valence-corrected chi connectivity index (χ2v) is 6.80. The van der Waals surface area contributed by atoms with Crippen LogP contribution in [0.4, 0.5) is 0 Å². The van der Waals surface area contributed by atoms with Gasteiger partial charge in [-0.3, -0.25) is 4.79 Å². The summed E-state index contributed by atoms with van der Waals surface area (Å²) >= 11 is 0. The molecular formula is C22H23NO3. The number of hydrogen-bond acceptors (Lipinski definition) is 3. The highest BCUT2D eigenvalue weighted by Gasteiger charge is 2.19. The minimum atomic E-state index is -0.162. The Kier molecular flexibility index (Phi) is 4.91. The second kappa shape index (κ2) is 7.65. The smallest absolute Gasteiger partial charge is 0.326 e. The van der Waals surface area contributed by atoms with Crippen LogP contribution in [0.25, 0.3) is 10.9 Å². The van der Waals surface area contributed by atoms with Crippen molar-refractivity contribution >= 4 is 16.9 Å². The number of benzene rings is 2. The topological polar surface area (TPSA) is 40.5 Å². The van der Waals surface area contributed by atoms with Crippen LogP contribution in [-0.4, -0.2) is 16.6 Å². The number of nitrogens with zero attached hydrogens (tertiary/aromatic N) is 1. The summed E-state index contributed by atoms with van der Waals surface area (Å²) in [4.78, 5) is 12.2. The monoisotopic (exact) mass is 349 g/mol. The third-order valence-electron chi connectivity index (χ3n) is 4.91. The van der Waals surface area contributed by atoms with Gasteiger partial charge in [0.15, 0.2) is 0 Å². The van der Waals surface area contributed by atoms with E-state index in [-0.39, 0.29) is 18.6 Å². The van der Waals surface area contributed by atoms with Gasteiger partial charge in [-0.25, -0.2) is 0 Å². The van der Waals surface area contributed by atoms with Crippen molar-refractivity contribution in [3.05, 3.63) is 66.4 Å². The Bertz CT molecular complexity index is 879. The SMILES string of the molecule is O=C(Cn1ccc2c(OCc3ccccc3)cccc21)OC1CCCC1. The van der Waals surface area contributed by atoms with Crippen LogP contribution < -0.4 is 4.74 Å². The first-order valence-electron chi connectivity index (χ1n) is 9.24. The fraction of sp³-hybridized carbons (Fsp3) is 0.318. The summed E-state index contributed by atoms with van der Waals surface area (Å²) in [5.74, 6) is 0.666. The first-order valence-corrected chi connectivity index (χ1v) is 9.24. The molecule has 1 saturated carbocycles. The molecule has 4 nitrogen and oxygen atoms in total. The number of aromatic nitrogens is 1. The molecule has 134 valence electrons. The molecule has 26 heavy (non-hydrogen) atoms. The van der Waals surface area contributed by atoms with Gasteiger partial charge in [-0.2, -0.15) is 0 Å². The van der Waals surface area contributed by atoms with E-state index in [9.17, 15) is 4.79 Å². The number of fused-ring (bicyclic) bond motifs is 1. The van der Waals surface area contributed by atoms with Gasteiger partial charge in [0.05, 0.1) is 5.52 Å². The van der Waals surface area contributed by atoms with Gasteiger partial charge in [0.25, 0.3) is 0 Å². The summed E-state index contributed by atoms with van der Waals surface area (Å²) in [5, 5.41) is 1.01. The predicted octanol–water partition coefficient (Wildman–Crippen LogP) is 4.71. The third-order valence-corrected chi connectivity index (χ3v) is 4.91. The summed E-state index contributed by atoms with van der Waals surface area (Å²) < 4.78 is 13.5. The molecule has 1 aliphatic rings. The maximum Gasteiger partial charge on any atom is 0.326 e. The van der Waals surface area contributed by atoms with E-state index in [4.69, 9.17) is 9.47 Å². The van der Waals surface area contributed by atoms with Crippen LogP contribution in [0.2, 0.25) is 0 Å². The van der Waals surface area contributed by atoms with Gasteiger partial charge in [-0.1, -0.05) is 36.4 Å². The van der Waals surface area contributed by atoms with Crippen molar-refractivity contribution < 1.29 is 14.3 Å². The van der Waals surface area contributed by atoms with Gasteiger partial charge in [-0.15, -0.1) is 0 Å². The largest absolute Gasteiger partial charge is 0.488 e. The van der Waals surface area contributed by atoms with Crippen LogP contribution in [0, 0.1) is 0 Å². The van der Waals surface area contributed by atoms with E-state index >= 15 is 0 Å². The summed E-state index contributed by atoms with van der Waals surface area (Å²) in [6.45, 7) is 0.761. The van der Waals surface area contributed by atoms with Crippen molar-refractivity contribution in [2.75, 3.05) is 0 Å². The van der Waals surface area contributed by atoms with Crippen molar-refractivity contribution in [1.82, 2.24) is 4.57 Å². The standard InChI is InChI=1S/C22H23NO3/c24-22(26-18-9-4-5-10-18)15-23-14-13-19-20(23)11-6-12-21(19)25-16-17-7-2-1-3-8-17/h1-3,6-8,11-14,18H,4-5,9-10,15-16H2. The fourth-order valence-electron chi connectivity index (χ4n) is 3.56. The second-order valence-electron chi connectivity index (χ2n) is 6.80. The third kappa shape index (κ3) is 3.74. The molecule has 3 aromatic rings. The molecule has 1 aliphatic carbocycles. The molecule has 4 heteroatoms. The van der Waals surface area contributed by atoms with E-state index in [0.717, 1.165) is 47.9 Å². The van der Waals surface area contributed by atoms with E-state index in [1.807, 2.05) is 65.4 Å². The summed E-state index contributed by atoms with van der Waals surface area (Å²) in [5.41, 5.74) is 2.11. The Morgan fingerprint density at radius 1 is 1.00 bits per heavy atom. The van der Waals surface area contributed by atoms with Crippen LogP contribution in [0.5, 0.6) is 5.75 Å². The highest BCUT2D eigenvalue weighted by molar-refractivity contribution is 5.87. The zero-order chi connectivity index (χ0) is 17.8. The maximum absolute atomic E-state index is 12.2. The number of carbonyl (C=O) groups is 1. The molecule has 0 radical (unpaired) electrons. The molecule has 0 atom stereocenters. The number of esters is 1. The molecule has 0 unspecified atom stereocenters. The van der Waals surface area contributed by atoms with Crippen LogP contribution in [-0.2, 0) is 22.7 Å². The van der Waals surface area contributed by atoms with Crippen molar-refractivity contribution in [3.63, 3.8) is 0 Å². The molecule has 1 fully saturated rings. The quantitative estimate of drug-likeness (QED) is 0.605. The zero-order valence-corrected chi connectivity index (χ0v) is 14.8. The van der Waals surface area contributed by atoms with Crippen LogP contribution in [0.1, 0.15) is 31.2 Å². The average molecular weight is 349 g/mol. The number of rotatable bonds is 6. The minimum absolute atomic E-state index is 0.106. The molecule has 0 saturated heterocycles. The first-order chi connectivity index (χ1) is 12.8. The molecule has 0 N–H and O–H groups in total. The Balaban J connectivity index is 1.46. The van der Waals surface area contributed by atoms with Gasteiger partial charge in [0, 0.05) is 11.6 Å².